The molecule has 0 radical (unpaired) electrons. The Balaban J connectivity index is 3.28. The van der Waals surface area contributed by atoms with Gasteiger partial charge in [0.2, 0.25) is 0 Å². The van der Waals surface area contributed by atoms with Gasteiger partial charge in [0.25, 0.3) is 0 Å². The summed E-state index contributed by atoms with van der Waals surface area (Å²) < 4.78 is 1.18. The summed E-state index contributed by atoms with van der Waals surface area (Å²) >= 11 is 2.34. The normalized spacial score (nSPS) is 12.2. The molecular weight excluding hydrogens is 313 g/mol. The Labute approximate surface area is 112 Å². The van der Waals surface area contributed by atoms with E-state index in [1.165, 1.54) is 9.13 Å². The molecule has 1 N–H and O–H groups in total. The van der Waals surface area contributed by atoms with E-state index in [0.29, 0.717) is 5.75 Å². The average Bonchev–Trinajstić information content (AvgIpc) is 2.07. The number of phenolic OH excluding ortho intramolecular Hbond substituents is 1. The Morgan fingerprint density at radius 2 is 1.81 bits per heavy atom. The Bertz CT molecular complexity index is 380. The predicted molar refractivity (Wildman–Crippen MR) is 76.9 cm³/mol. The summed E-state index contributed by atoms with van der Waals surface area (Å²) in [6.45, 7) is 7.29. The van der Waals surface area contributed by atoms with Crippen LogP contribution in [0.1, 0.15) is 31.9 Å². The third-order valence-corrected chi connectivity index (χ3v) is 3.67. The van der Waals surface area contributed by atoms with E-state index in [1.807, 2.05) is 12.1 Å². The van der Waals surface area contributed by atoms with E-state index < -0.39 is 0 Å². The van der Waals surface area contributed by atoms with Crippen LogP contribution in [0.4, 0.5) is 0 Å². The van der Waals surface area contributed by atoms with Crippen molar-refractivity contribution in [3.8, 4) is 5.75 Å². The van der Waals surface area contributed by atoms with Gasteiger partial charge in [-0.05, 0) is 53.7 Å². The average molecular weight is 333 g/mol. The van der Waals surface area contributed by atoms with Crippen LogP contribution in [0.2, 0.25) is 0 Å². The summed E-state index contributed by atoms with van der Waals surface area (Å²) in [7, 11) is 4.11. The van der Waals surface area contributed by atoms with E-state index in [0.717, 1.165) is 12.1 Å². The molecule has 0 aliphatic rings. The van der Waals surface area contributed by atoms with Crippen LogP contribution in [-0.2, 0) is 12.0 Å². The van der Waals surface area contributed by atoms with Gasteiger partial charge in [-0.25, -0.2) is 0 Å². The second-order valence-corrected chi connectivity index (χ2v) is 6.50. The quantitative estimate of drug-likeness (QED) is 0.839. The lowest BCUT2D eigenvalue weighted by molar-refractivity contribution is 0.398. The minimum absolute atomic E-state index is 0.0249. The van der Waals surface area contributed by atoms with E-state index in [1.54, 1.807) is 0 Å². The van der Waals surface area contributed by atoms with E-state index in [2.05, 4.69) is 62.4 Å². The summed E-state index contributed by atoms with van der Waals surface area (Å²) in [6, 6.07) is 3.81. The first-order chi connectivity index (χ1) is 7.23. The molecule has 1 aromatic carbocycles. The van der Waals surface area contributed by atoms with Gasteiger partial charge >= 0.3 is 0 Å². The summed E-state index contributed by atoms with van der Waals surface area (Å²) in [5.41, 5.74) is 2.30. The Kier molecular flexibility index (Phi) is 4.23. The van der Waals surface area contributed by atoms with E-state index >= 15 is 0 Å². The molecule has 0 bridgehead atoms. The number of benzene rings is 1. The van der Waals surface area contributed by atoms with Crippen molar-refractivity contribution in [3.63, 3.8) is 0 Å². The fraction of sp³-hybridized carbons (Fsp3) is 0.538. The highest BCUT2D eigenvalue weighted by Gasteiger charge is 2.22. The Morgan fingerprint density at radius 1 is 1.25 bits per heavy atom. The molecule has 2 nitrogen and oxygen atoms in total. The largest absolute Gasteiger partial charge is 0.508 e. The number of hydrogen-bond donors (Lipinski definition) is 1. The lowest BCUT2D eigenvalue weighted by Gasteiger charge is -2.24. The molecule has 0 unspecified atom stereocenters. The van der Waals surface area contributed by atoms with E-state index in [4.69, 9.17) is 0 Å². The van der Waals surface area contributed by atoms with Crippen LogP contribution in [0.15, 0.2) is 12.1 Å². The lowest BCUT2D eigenvalue weighted by atomic mass is 9.85. The van der Waals surface area contributed by atoms with Gasteiger partial charge < -0.3 is 10.0 Å². The van der Waals surface area contributed by atoms with Crippen LogP contribution in [-0.4, -0.2) is 24.1 Å². The van der Waals surface area contributed by atoms with Crippen molar-refractivity contribution < 1.29 is 5.11 Å². The number of aromatic hydroxyl groups is 1. The zero-order valence-corrected chi connectivity index (χ0v) is 12.8. The zero-order chi connectivity index (χ0) is 12.5. The Hall–Kier alpha value is -0.290. The molecule has 0 amide bonds. The van der Waals surface area contributed by atoms with Crippen molar-refractivity contribution in [1.82, 2.24) is 4.90 Å². The van der Waals surface area contributed by atoms with Crippen molar-refractivity contribution in [2.75, 3.05) is 14.1 Å². The summed E-state index contributed by atoms with van der Waals surface area (Å²) in [5.74, 6) is 0.402. The van der Waals surface area contributed by atoms with E-state index in [-0.39, 0.29) is 5.41 Å². The first kappa shape index (κ1) is 13.8. The van der Waals surface area contributed by atoms with Crippen molar-refractivity contribution in [2.24, 2.45) is 0 Å². The van der Waals surface area contributed by atoms with Crippen LogP contribution >= 0.6 is 22.6 Å². The number of rotatable bonds is 2. The van der Waals surface area contributed by atoms with E-state index in [9.17, 15) is 5.11 Å². The van der Waals surface area contributed by atoms with Gasteiger partial charge in [-0.1, -0.05) is 26.8 Å². The highest BCUT2D eigenvalue weighted by Crippen LogP contribution is 2.36. The highest BCUT2D eigenvalue weighted by atomic mass is 127. The van der Waals surface area contributed by atoms with Gasteiger partial charge in [-0.3, -0.25) is 0 Å². The first-order valence-electron chi connectivity index (χ1n) is 5.39. The molecule has 16 heavy (non-hydrogen) atoms. The summed E-state index contributed by atoms with van der Waals surface area (Å²) in [4.78, 5) is 2.14. The minimum Gasteiger partial charge on any atom is -0.508 e. The van der Waals surface area contributed by atoms with Crippen LogP contribution in [0.5, 0.6) is 5.75 Å². The van der Waals surface area contributed by atoms with Crippen LogP contribution in [0.3, 0.4) is 0 Å². The summed E-state index contributed by atoms with van der Waals surface area (Å²) in [6.07, 6.45) is 0. The molecule has 0 saturated heterocycles. The fourth-order valence-corrected chi connectivity index (χ4v) is 3.22. The second kappa shape index (κ2) is 4.92. The molecule has 0 aromatic heterocycles. The maximum Gasteiger partial charge on any atom is 0.120 e. The number of phenols is 1. The van der Waals surface area contributed by atoms with Gasteiger partial charge in [0, 0.05) is 15.7 Å². The third kappa shape index (κ3) is 3.10. The van der Waals surface area contributed by atoms with Crippen LogP contribution in [0, 0.1) is 3.57 Å². The molecule has 1 rings (SSSR count). The molecule has 0 fully saturated rings. The SMILES string of the molecule is CN(C)Cc1ccc(O)c(C(C)(C)C)c1I. The maximum absolute atomic E-state index is 9.97. The second-order valence-electron chi connectivity index (χ2n) is 5.42. The van der Waals surface area contributed by atoms with Crippen molar-refractivity contribution >= 4 is 22.6 Å². The fourth-order valence-electron chi connectivity index (χ4n) is 1.79. The van der Waals surface area contributed by atoms with Gasteiger partial charge in [-0.15, -0.1) is 0 Å². The number of hydrogen-bond acceptors (Lipinski definition) is 2. The summed E-state index contributed by atoms with van der Waals surface area (Å²) in [5, 5.41) is 9.97. The monoisotopic (exact) mass is 333 g/mol. The molecule has 0 atom stereocenters. The molecule has 0 saturated carbocycles. The predicted octanol–water partition coefficient (Wildman–Crippen LogP) is 3.36. The molecule has 0 aliphatic heterocycles. The van der Waals surface area contributed by atoms with Crippen molar-refractivity contribution in [1.29, 1.82) is 0 Å². The maximum atomic E-state index is 9.97. The van der Waals surface area contributed by atoms with Crippen LogP contribution in [0.25, 0.3) is 0 Å². The molecule has 3 heteroatoms. The third-order valence-electron chi connectivity index (χ3n) is 2.44. The first-order valence-corrected chi connectivity index (χ1v) is 6.47. The van der Waals surface area contributed by atoms with Gasteiger partial charge in [-0.2, -0.15) is 0 Å². The molecular formula is C13H20INO. The van der Waals surface area contributed by atoms with Crippen LogP contribution < -0.4 is 0 Å². The Morgan fingerprint density at radius 3 is 2.25 bits per heavy atom. The van der Waals surface area contributed by atoms with Gasteiger partial charge in [0.05, 0.1) is 0 Å². The molecule has 0 spiro atoms. The molecule has 90 valence electrons. The number of nitrogens with zero attached hydrogens (tertiary/aromatic N) is 1. The van der Waals surface area contributed by atoms with Crippen molar-refractivity contribution in [2.45, 2.75) is 32.7 Å². The highest BCUT2D eigenvalue weighted by molar-refractivity contribution is 14.1. The standard InChI is InChI=1S/C13H20INO/c1-13(2,3)11-10(16)7-6-9(12(11)14)8-15(4)5/h6-7,16H,8H2,1-5H3. The molecule has 0 aliphatic carbocycles. The van der Waals surface area contributed by atoms with Crippen molar-refractivity contribution in [3.05, 3.63) is 26.8 Å². The van der Waals surface area contributed by atoms with Gasteiger partial charge in [0.1, 0.15) is 5.75 Å². The lowest BCUT2D eigenvalue weighted by Crippen LogP contribution is -2.17. The zero-order valence-electron chi connectivity index (χ0n) is 10.6. The number of halogens is 1. The van der Waals surface area contributed by atoms with Gasteiger partial charge in [0.15, 0.2) is 0 Å². The minimum atomic E-state index is -0.0249. The topological polar surface area (TPSA) is 23.5 Å². The smallest absolute Gasteiger partial charge is 0.120 e. The molecule has 1 aromatic rings. The molecule has 0 heterocycles.